The van der Waals surface area contributed by atoms with E-state index < -0.39 is 0 Å². The molecule has 1 N–H and O–H groups in total. The van der Waals surface area contributed by atoms with Crippen LogP contribution in [0.15, 0.2) is 42.5 Å². The van der Waals surface area contributed by atoms with Gasteiger partial charge < -0.3 is 5.32 Å². The topological polar surface area (TPSA) is 29.9 Å². The maximum Gasteiger partial charge on any atom is 0.133 e. The first kappa shape index (κ1) is 14.9. The van der Waals surface area contributed by atoms with E-state index in [1.807, 2.05) is 16.8 Å². The molecular weight excluding hydrogens is 301 g/mol. The number of halogens is 1. The molecule has 122 valence electrons. The third kappa shape index (κ3) is 2.58. The van der Waals surface area contributed by atoms with Crippen molar-refractivity contribution in [1.82, 2.24) is 9.78 Å². The van der Waals surface area contributed by atoms with Gasteiger partial charge in [-0.3, -0.25) is 0 Å². The lowest BCUT2D eigenvalue weighted by atomic mass is 10.1. The molecule has 0 fully saturated rings. The van der Waals surface area contributed by atoms with Crippen molar-refractivity contribution >= 4 is 5.82 Å². The van der Waals surface area contributed by atoms with Crippen LogP contribution >= 0.6 is 0 Å². The molecule has 0 bridgehead atoms. The first-order valence-corrected chi connectivity index (χ1v) is 8.28. The number of anilines is 1. The number of nitrogens with zero attached hydrogens (tertiary/aromatic N) is 2. The van der Waals surface area contributed by atoms with Crippen LogP contribution < -0.4 is 5.32 Å². The number of aromatic nitrogens is 2. The van der Waals surface area contributed by atoms with E-state index in [4.69, 9.17) is 5.10 Å². The summed E-state index contributed by atoms with van der Waals surface area (Å²) >= 11 is 0. The number of aryl methyl sites for hydroxylation is 2. The lowest BCUT2D eigenvalue weighted by Crippen LogP contribution is -2.06. The van der Waals surface area contributed by atoms with Gasteiger partial charge in [-0.1, -0.05) is 24.3 Å². The molecule has 0 saturated carbocycles. The zero-order valence-electron chi connectivity index (χ0n) is 13.9. The van der Waals surface area contributed by atoms with Gasteiger partial charge in [-0.2, -0.15) is 5.10 Å². The monoisotopic (exact) mass is 321 g/mol. The Morgan fingerprint density at radius 3 is 2.71 bits per heavy atom. The number of hydrogen-bond donors (Lipinski definition) is 1. The molecule has 0 radical (unpaired) electrons. The molecule has 1 aliphatic rings. The Hall–Kier alpha value is -2.62. The molecule has 1 aromatic heterocycles. The largest absolute Gasteiger partial charge is 0.369 e. The van der Waals surface area contributed by atoms with Crippen LogP contribution in [0.5, 0.6) is 0 Å². The fraction of sp³-hybridized carbons (Fsp3) is 0.250. The number of fused-ring (bicyclic) bond motifs is 1. The van der Waals surface area contributed by atoms with Gasteiger partial charge in [0.05, 0.1) is 11.4 Å². The Bertz CT molecular complexity index is 894. The van der Waals surface area contributed by atoms with Crippen molar-refractivity contribution in [1.29, 1.82) is 0 Å². The first-order valence-electron chi connectivity index (χ1n) is 8.28. The highest BCUT2D eigenvalue weighted by molar-refractivity contribution is 5.59. The molecule has 0 unspecified atom stereocenters. The van der Waals surface area contributed by atoms with Gasteiger partial charge in [-0.05, 0) is 55.2 Å². The summed E-state index contributed by atoms with van der Waals surface area (Å²) in [7, 11) is 0. The quantitative estimate of drug-likeness (QED) is 0.784. The fourth-order valence-corrected chi connectivity index (χ4v) is 3.31. The summed E-state index contributed by atoms with van der Waals surface area (Å²) in [5.74, 6) is 0.896. The van der Waals surface area contributed by atoms with E-state index in [1.165, 1.54) is 28.8 Å². The van der Waals surface area contributed by atoms with Crippen LogP contribution in [0.4, 0.5) is 10.2 Å². The lowest BCUT2D eigenvalue weighted by Gasteiger charge is -2.10. The Labute approximate surface area is 141 Å². The summed E-state index contributed by atoms with van der Waals surface area (Å²) < 4.78 is 15.2. The summed E-state index contributed by atoms with van der Waals surface area (Å²) in [6, 6.07) is 13.1. The van der Waals surface area contributed by atoms with Crippen LogP contribution in [0.25, 0.3) is 5.69 Å². The third-order valence-electron chi connectivity index (χ3n) is 4.61. The number of nitrogens with one attached hydrogen (secondary N) is 1. The second kappa shape index (κ2) is 5.78. The summed E-state index contributed by atoms with van der Waals surface area (Å²) in [6.07, 6.45) is 1.71. The van der Waals surface area contributed by atoms with E-state index >= 15 is 0 Å². The van der Waals surface area contributed by atoms with Gasteiger partial charge in [0.1, 0.15) is 11.6 Å². The predicted octanol–water partition coefficient (Wildman–Crippen LogP) is 4.19. The van der Waals surface area contributed by atoms with Crippen molar-refractivity contribution in [2.75, 3.05) is 11.9 Å². The molecule has 0 atom stereocenters. The molecule has 4 heteroatoms. The van der Waals surface area contributed by atoms with Crippen LogP contribution in [-0.4, -0.2) is 16.3 Å². The molecule has 3 nitrogen and oxygen atoms in total. The highest BCUT2D eigenvalue weighted by Gasteiger charge is 2.23. The average Bonchev–Trinajstić information content (AvgIpc) is 3.16. The van der Waals surface area contributed by atoms with Crippen LogP contribution in [0.1, 0.15) is 27.9 Å². The molecule has 24 heavy (non-hydrogen) atoms. The van der Waals surface area contributed by atoms with E-state index in [0.717, 1.165) is 42.1 Å². The second-order valence-electron chi connectivity index (χ2n) is 6.46. The highest BCUT2D eigenvalue weighted by atomic mass is 19.1. The third-order valence-corrected chi connectivity index (χ3v) is 4.61. The number of benzene rings is 2. The van der Waals surface area contributed by atoms with Gasteiger partial charge in [-0.15, -0.1) is 0 Å². The molecule has 0 spiro atoms. The smallest absolute Gasteiger partial charge is 0.133 e. The predicted molar refractivity (Wildman–Crippen MR) is 94.4 cm³/mol. The van der Waals surface area contributed by atoms with Crippen molar-refractivity contribution in [3.8, 4) is 5.69 Å². The normalized spacial score (nSPS) is 13.0. The van der Waals surface area contributed by atoms with E-state index in [-0.39, 0.29) is 5.82 Å². The van der Waals surface area contributed by atoms with Gasteiger partial charge in [0.2, 0.25) is 0 Å². The Kier molecular flexibility index (Phi) is 3.60. The molecule has 2 aromatic carbocycles. The number of hydrogen-bond acceptors (Lipinski definition) is 2. The van der Waals surface area contributed by atoms with E-state index in [9.17, 15) is 4.39 Å². The maximum absolute atomic E-state index is 13.1. The van der Waals surface area contributed by atoms with Crippen LogP contribution in [-0.2, 0) is 12.8 Å². The average molecular weight is 321 g/mol. The van der Waals surface area contributed by atoms with Crippen LogP contribution in [0.2, 0.25) is 0 Å². The van der Waals surface area contributed by atoms with Crippen molar-refractivity contribution < 1.29 is 4.39 Å². The zero-order valence-corrected chi connectivity index (χ0v) is 13.9. The zero-order chi connectivity index (χ0) is 16.7. The Morgan fingerprint density at radius 2 is 1.92 bits per heavy atom. The van der Waals surface area contributed by atoms with Crippen molar-refractivity contribution in [2.24, 2.45) is 0 Å². The summed E-state index contributed by atoms with van der Waals surface area (Å²) in [6.45, 7) is 5.14. The minimum Gasteiger partial charge on any atom is -0.369 e. The second-order valence-corrected chi connectivity index (χ2v) is 6.46. The molecule has 0 aliphatic carbocycles. The molecule has 3 aromatic rings. The first-order chi connectivity index (χ1) is 11.6. The van der Waals surface area contributed by atoms with Gasteiger partial charge >= 0.3 is 0 Å². The van der Waals surface area contributed by atoms with Crippen molar-refractivity contribution in [2.45, 2.75) is 26.7 Å². The molecule has 1 aliphatic heterocycles. The molecule has 2 heterocycles. The maximum atomic E-state index is 13.1. The summed E-state index contributed by atoms with van der Waals surface area (Å²) in [4.78, 5) is 0. The van der Waals surface area contributed by atoms with Crippen LogP contribution in [0, 0.1) is 19.7 Å². The molecule has 0 amide bonds. The van der Waals surface area contributed by atoms with E-state index in [1.54, 1.807) is 0 Å². The van der Waals surface area contributed by atoms with Crippen molar-refractivity contribution in [3.05, 3.63) is 76.2 Å². The SMILES string of the molecule is Cc1ccc(C)c(-n2nc(Cc3ccc(F)cc3)c3c2NCC3)c1. The van der Waals surface area contributed by atoms with Gasteiger partial charge in [0.15, 0.2) is 0 Å². The summed E-state index contributed by atoms with van der Waals surface area (Å²) in [5.41, 5.74) is 6.97. The Balaban J connectivity index is 1.77. The lowest BCUT2D eigenvalue weighted by molar-refractivity contribution is 0.627. The van der Waals surface area contributed by atoms with Crippen LogP contribution in [0.3, 0.4) is 0 Å². The van der Waals surface area contributed by atoms with E-state index in [2.05, 4.69) is 37.4 Å². The van der Waals surface area contributed by atoms with E-state index in [0.29, 0.717) is 0 Å². The molecular formula is C20H20FN3. The standard InChI is InChI=1S/C20H20FN3/c1-13-3-4-14(2)19(11-13)24-20-17(9-10-22-20)18(23-24)12-15-5-7-16(21)8-6-15/h3-8,11,22H,9-10,12H2,1-2H3. The van der Waals surface area contributed by atoms with Gasteiger partial charge in [-0.25, -0.2) is 9.07 Å². The molecule has 4 rings (SSSR count). The Morgan fingerprint density at radius 1 is 1.12 bits per heavy atom. The highest BCUT2D eigenvalue weighted by Crippen LogP contribution is 2.31. The minimum absolute atomic E-state index is 0.202. The minimum atomic E-state index is -0.202. The molecule has 0 saturated heterocycles. The van der Waals surface area contributed by atoms with Gasteiger partial charge in [0.25, 0.3) is 0 Å². The fourth-order valence-electron chi connectivity index (χ4n) is 3.31. The van der Waals surface area contributed by atoms with Gasteiger partial charge in [0, 0.05) is 18.5 Å². The summed E-state index contributed by atoms with van der Waals surface area (Å²) in [5, 5.41) is 8.35. The number of rotatable bonds is 3. The van der Waals surface area contributed by atoms with Crippen molar-refractivity contribution in [3.63, 3.8) is 0 Å².